The van der Waals surface area contributed by atoms with Crippen molar-refractivity contribution >= 4 is 0 Å². The molecule has 118 valence electrons. The largest absolute Gasteiger partial charge is 0.309 e. The average molecular weight is 280 g/mol. The minimum absolute atomic E-state index is 0.385. The van der Waals surface area contributed by atoms with E-state index in [1.807, 2.05) is 0 Å². The lowest BCUT2D eigenvalue weighted by Gasteiger charge is -2.46. The highest BCUT2D eigenvalue weighted by Crippen LogP contribution is 2.44. The molecule has 20 heavy (non-hydrogen) atoms. The molecule has 0 aromatic rings. The van der Waals surface area contributed by atoms with E-state index in [1.165, 1.54) is 71.1 Å². The fourth-order valence-corrected chi connectivity index (χ4v) is 4.79. The monoisotopic (exact) mass is 280 g/mol. The molecular weight excluding hydrogens is 244 g/mol. The van der Waals surface area contributed by atoms with Gasteiger partial charge in [-0.1, -0.05) is 40.5 Å². The van der Waals surface area contributed by atoms with Gasteiger partial charge in [-0.25, -0.2) is 0 Å². The molecule has 0 bridgehead atoms. The van der Waals surface area contributed by atoms with E-state index >= 15 is 0 Å². The summed E-state index contributed by atoms with van der Waals surface area (Å²) in [4.78, 5) is 2.79. The first-order valence-corrected chi connectivity index (χ1v) is 9.00. The predicted molar refractivity (Wildman–Crippen MR) is 88.1 cm³/mol. The number of hydrogen-bond acceptors (Lipinski definition) is 2. The second kappa shape index (κ2) is 6.79. The van der Waals surface area contributed by atoms with Gasteiger partial charge in [0.25, 0.3) is 0 Å². The summed E-state index contributed by atoms with van der Waals surface area (Å²) in [6.45, 7) is 14.6. The molecule has 0 spiro atoms. The van der Waals surface area contributed by atoms with Crippen LogP contribution in [0.2, 0.25) is 0 Å². The highest BCUT2D eigenvalue weighted by atomic mass is 15.2. The van der Waals surface area contributed by atoms with Gasteiger partial charge in [0, 0.05) is 31.7 Å². The summed E-state index contributed by atoms with van der Waals surface area (Å²) in [5, 5.41) is 3.80. The highest BCUT2D eigenvalue weighted by Gasteiger charge is 2.39. The molecule has 0 aromatic carbocycles. The summed E-state index contributed by atoms with van der Waals surface area (Å²) in [6, 6.07) is 0. The smallest absolute Gasteiger partial charge is 0.0304 e. The molecule has 0 radical (unpaired) electrons. The normalized spacial score (nSPS) is 26.2. The predicted octanol–water partition coefficient (Wildman–Crippen LogP) is 4.06. The van der Waals surface area contributed by atoms with Gasteiger partial charge in [0.2, 0.25) is 0 Å². The van der Waals surface area contributed by atoms with Crippen LogP contribution in [0, 0.1) is 11.3 Å². The Morgan fingerprint density at radius 3 is 2.30 bits per heavy atom. The third-order valence-corrected chi connectivity index (χ3v) is 5.87. The van der Waals surface area contributed by atoms with E-state index in [1.54, 1.807) is 0 Å². The number of nitrogens with zero attached hydrogens (tertiary/aromatic N) is 1. The van der Waals surface area contributed by atoms with Gasteiger partial charge in [-0.15, -0.1) is 0 Å². The van der Waals surface area contributed by atoms with E-state index in [9.17, 15) is 0 Å². The van der Waals surface area contributed by atoms with Gasteiger partial charge >= 0.3 is 0 Å². The van der Waals surface area contributed by atoms with Crippen LogP contribution in [0.1, 0.15) is 72.6 Å². The molecule has 1 aliphatic heterocycles. The Balaban J connectivity index is 1.99. The molecule has 2 aliphatic rings. The average Bonchev–Trinajstić information content (AvgIpc) is 2.86. The van der Waals surface area contributed by atoms with Crippen molar-refractivity contribution in [1.29, 1.82) is 0 Å². The zero-order valence-corrected chi connectivity index (χ0v) is 14.3. The third-order valence-electron chi connectivity index (χ3n) is 5.87. The Kier molecular flexibility index (Phi) is 5.53. The summed E-state index contributed by atoms with van der Waals surface area (Å²) in [5.41, 5.74) is 1.02. The van der Waals surface area contributed by atoms with Crippen LogP contribution in [0.25, 0.3) is 0 Å². The second-order valence-corrected chi connectivity index (χ2v) is 7.93. The SMILES string of the molecule is CCC1(CC)CN(CC2(CC(C)C)CCCC2)CCN1. The summed E-state index contributed by atoms with van der Waals surface area (Å²) in [7, 11) is 0. The Morgan fingerprint density at radius 1 is 1.10 bits per heavy atom. The first-order valence-electron chi connectivity index (χ1n) is 9.00. The van der Waals surface area contributed by atoms with Crippen molar-refractivity contribution in [3.63, 3.8) is 0 Å². The first-order chi connectivity index (χ1) is 9.53. The van der Waals surface area contributed by atoms with Crippen LogP contribution in [0.15, 0.2) is 0 Å². The molecule has 0 unspecified atom stereocenters. The van der Waals surface area contributed by atoms with Crippen LogP contribution in [0.3, 0.4) is 0 Å². The van der Waals surface area contributed by atoms with Crippen LogP contribution in [0.4, 0.5) is 0 Å². The van der Waals surface area contributed by atoms with Crippen LogP contribution in [-0.4, -0.2) is 36.6 Å². The Morgan fingerprint density at radius 2 is 1.75 bits per heavy atom. The molecule has 2 rings (SSSR count). The molecule has 0 amide bonds. The van der Waals surface area contributed by atoms with Crippen LogP contribution >= 0.6 is 0 Å². The molecule has 0 atom stereocenters. The van der Waals surface area contributed by atoms with Gasteiger partial charge in [0.15, 0.2) is 0 Å². The maximum absolute atomic E-state index is 3.80. The van der Waals surface area contributed by atoms with Crippen LogP contribution in [-0.2, 0) is 0 Å². The van der Waals surface area contributed by atoms with Gasteiger partial charge in [-0.05, 0) is 43.4 Å². The van der Waals surface area contributed by atoms with Crippen molar-refractivity contribution in [1.82, 2.24) is 10.2 Å². The molecular formula is C18H36N2. The zero-order valence-electron chi connectivity index (χ0n) is 14.3. The maximum atomic E-state index is 3.80. The minimum Gasteiger partial charge on any atom is -0.309 e. The number of piperazine rings is 1. The molecule has 1 N–H and O–H groups in total. The van der Waals surface area contributed by atoms with E-state index in [0.717, 1.165) is 5.92 Å². The molecule has 1 saturated carbocycles. The number of hydrogen-bond donors (Lipinski definition) is 1. The van der Waals surface area contributed by atoms with E-state index in [0.29, 0.717) is 11.0 Å². The van der Waals surface area contributed by atoms with Gasteiger partial charge in [-0.3, -0.25) is 4.90 Å². The summed E-state index contributed by atoms with van der Waals surface area (Å²) < 4.78 is 0. The number of rotatable bonds is 6. The zero-order chi connectivity index (χ0) is 14.6. The maximum Gasteiger partial charge on any atom is 0.0304 e. The third kappa shape index (κ3) is 3.76. The van der Waals surface area contributed by atoms with Crippen molar-refractivity contribution < 1.29 is 0 Å². The summed E-state index contributed by atoms with van der Waals surface area (Å²) in [5.74, 6) is 0.845. The Labute approximate surface area is 126 Å². The van der Waals surface area contributed by atoms with Gasteiger partial charge in [-0.2, -0.15) is 0 Å². The van der Waals surface area contributed by atoms with Crippen molar-refractivity contribution in [3.8, 4) is 0 Å². The lowest BCUT2D eigenvalue weighted by atomic mass is 9.77. The Hall–Kier alpha value is -0.0800. The number of nitrogens with one attached hydrogen (secondary N) is 1. The molecule has 1 aliphatic carbocycles. The summed E-state index contributed by atoms with van der Waals surface area (Å²) in [6.07, 6.45) is 9.83. The molecule has 2 heteroatoms. The highest BCUT2D eigenvalue weighted by molar-refractivity contribution is 4.96. The fourth-order valence-electron chi connectivity index (χ4n) is 4.79. The second-order valence-electron chi connectivity index (χ2n) is 7.93. The van der Waals surface area contributed by atoms with E-state index in [2.05, 4.69) is 37.9 Å². The lowest BCUT2D eigenvalue weighted by molar-refractivity contribution is 0.0669. The van der Waals surface area contributed by atoms with E-state index in [-0.39, 0.29) is 0 Å². The van der Waals surface area contributed by atoms with Gasteiger partial charge in [0.1, 0.15) is 0 Å². The molecule has 0 aromatic heterocycles. The first kappa shape index (κ1) is 16.3. The van der Waals surface area contributed by atoms with Crippen LogP contribution in [0.5, 0.6) is 0 Å². The standard InChI is InChI=1S/C18H36N2/c1-5-18(6-2)15-20(12-11-19-18)14-17(13-16(3)4)9-7-8-10-17/h16,19H,5-15H2,1-4H3. The van der Waals surface area contributed by atoms with Crippen LogP contribution < -0.4 is 5.32 Å². The minimum atomic E-state index is 0.385. The van der Waals surface area contributed by atoms with E-state index < -0.39 is 0 Å². The quantitative estimate of drug-likeness (QED) is 0.789. The lowest BCUT2D eigenvalue weighted by Crippen LogP contribution is -2.61. The molecule has 1 heterocycles. The topological polar surface area (TPSA) is 15.3 Å². The van der Waals surface area contributed by atoms with Crippen molar-refractivity contribution in [2.45, 2.75) is 78.2 Å². The van der Waals surface area contributed by atoms with Crippen molar-refractivity contribution in [2.75, 3.05) is 26.2 Å². The van der Waals surface area contributed by atoms with Gasteiger partial charge < -0.3 is 5.32 Å². The molecule has 1 saturated heterocycles. The molecule has 2 fully saturated rings. The summed E-state index contributed by atoms with van der Waals surface area (Å²) >= 11 is 0. The van der Waals surface area contributed by atoms with Crippen molar-refractivity contribution in [3.05, 3.63) is 0 Å². The van der Waals surface area contributed by atoms with Gasteiger partial charge in [0.05, 0.1) is 0 Å². The van der Waals surface area contributed by atoms with E-state index in [4.69, 9.17) is 0 Å². The van der Waals surface area contributed by atoms with Crippen molar-refractivity contribution in [2.24, 2.45) is 11.3 Å². The molecule has 2 nitrogen and oxygen atoms in total. The fraction of sp³-hybridized carbons (Fsp3) is 1.00. The Bertz CT molecular complexity index is 288.